The number of ketones is 1. The number of carbonyl (C=O) groups is 1. The molecule has 0 rings (SSSR count). The normalized spacial score (nSPS) is 13.8. The predicted molar refractivity (Wildman–Crippen MR) is 148 cm³/mol. The minimum atomic E-state index is -1.89. The number of hydrogen-bond donors (Lipinski definition) is 1. The van der Waals surface area contributed by atoms with Crippen molar-refractivity contribution in [3.8, 4) is 0 Å². The van der Waals surface area contributed by atoms with Crippen molar-refractivity contribution in [2.75, 3.05) is 54.1 Å². The molecule has 0 radical (unpaired) electrons. The number of unbranched alkanes of at least 4 members (excludes halogenated alkanes) is 13. The predicted octanol–water partition coefficient (Wildman–Crippen LogP) is 7.43. The van der Waals surface area contributed by atoms with Crippen molar-refractivity contribution in [2.24, 2.45) is 5.92 Å². The summed E-state index contributed by atoms with van der Waals surface area (Å²) in [5.41, 5.74) is 0. The molecule has 0 bridgehead atoms. The van der Waals surface area contributed by atoms with E-state index in [0.717, 1.165) is 36.9 Å². The third kappa shape index (κ3) is 28.3. The maximum absolute atomic E-state index is 11.6. The third-order valence-electron chi connectivity index (χ3n) is 6.17. The second-order valence-electron chi connectivity index (χ2n) is 11.2. The van der Waals surface area contributed by atoms with E-state index in [-0.39, 0.29) is 11.7 Å². The topological polar surface area (TPSA) is 65.0 Å². The van der Waals surface area contributed by atoms with Crippen molar-refractivity contribution in [1.29, 1.82) is 0 Å². The molecule has 2 atom stereocenters. The molecule has 210 valence electrons. The number of carbonyl (C=O) groups excluding carboxylic acids is 1. The SMILES string of the molecule is CCCCCCCCCCCCCCCOCC(COP(O)OCCCC[N+](C)(C)C)CC(C)=O. The van der Waals surface area contributed by atoms with Gasteiger partial charge in [0.05, 0.1) is 47.5 Å². The zero-order chi connectivity index (χ0) is 26.2. The molecule has 35 heavy (non-hydrogen) atoms. The van der Waals surface area contributed by atoms with Gasteiger partial charge in [-0.15, -0.1) is 0 Å². The molecule has 2 unspecified atom stereocenters. The van der Waals surface area contributed by atoms with E-state index in [2.05, 4.69) is 28.1 Å². The molecule has 6 nitrogen and oxygen atoms in total. The van der Waals surface area contributed by atoms with E-state index in [0.29, 0.717) is 26.2 Å². The minimum absolute atomic E-state index is 0.0339. The van der Waals surface area contributed by atoms with Gasteiger partial charge >= 0.3 is 8.60 Å². The van der Waals surface area contributed by atoms with Crippen molar-refractivity contribution >= 4 is 14.4 Å². The molecule has 0 fully saturated rings. The van der Waals surface area contributed by atoms with Gasteiger partial charge in [-0.05, 0) is 26.2 Å². The highest BCUT2D eigenvalue weighted by molar-refractivity contribution is 7.40. The van der Waals surface area contributed by atoms with Crippen LogP contribution in [0.4, 0.5) is 0 Å². The lowest BCUT2D eigenvalue weighted by Gasteiger charge is -2.23. The Bertz CT molecular complexity index is 473. The van der Waals surface area contributed by atoms with Crippen molar-refractivity contribution in [3.63, 3.8) is 0 Å². The monoisotopic (exact) mass is 520 g/mol. The quantitative estimate of drug-likeness (QED) is 0.0693. The van der Waals surface area contributed by atoms with Gasteiger partial charge in [-0.1, -0.05) is 84.0 Å². The van der Waals surface area contributed by atoms with E-state index in [1.165, 1.54) is 77.0 Å². The van der Waals surface area contributed by atoms with Crippen molar-refractivity contribution in [1.82, 2.24) is 0 Å². The first-order chi connectivity index (χ1) is 16.7. The van der Waals surface area contributed by atoms with Gasteiger partial charge in [0.15, 0.2) is 0 Å². The second kappa shape index (κ2) is 24.2. The summed E-state index contributed by atoms with van der Waals surface area (Å²) in [7, 11) is 4.60. The van der Waals surface area contributed by atoms with Gasteiger partial charge in [0.1, 0.15) is 5.78 Å². The summed E-state index contributed by atoms with van der Waals surface area (Å²) in [4.78, 5) is 21.6. The number of Topliss-reactive ketones (excluding diaryl/α,β-unsaturated/α-hetero) is 1. The Hall–Kier alpha value is -0.100. The summed E-state index contributed by atoms with van der Waals surface area (Å²) in [6.45, 7) is 6.94. The summed E-state index contributed by atoms with van der Waals surface area (Å²) < 4.78 is 17.6. The van der Waals surface area contributed by atoms with Crippen LogP contribution in [0.3, 0.4) is 0 Å². The molecule has 0 saturated heterocycles. The zero-order valence-corrected chi connectivity index (χ0v) is 24.8. The number of quaternary nitrogens is 1. The molecule has 1 N–H and O–H groups in total. The maximum Gasteiger partial charge on any atom is 0.329 e. The first kappa shape index (κ1) is 34.9. The molecule has 0 aromatic carbocycles. The van der Waals surface area contributed by atoms with Gasteiger partial charge in [-0.25, -0.2) is 0 Å². The summed E-state index contributed by atoms with van der Waals surface area (Å²) in [6.07, 6.45) is 19.7. The van der Waals surface area contributed by atoms with Crippen molar-refractivity contribution in [3.05, 3.63) is 0 Å². The number of hydrogen-bond acceptors (Lipinski definition) is 5. The third-order valence-corrected chi connectivity index (χ3v) is 6.94. The molecule has 0 aliphatic rings. The summed E-state index contributed by atoms with van der Waals surface area (Å²) in [6, 6.07) is 0. The first-order valence-corrected chi connectivity index (χ1v) is 15.5. The molecule has 0 aliphatic carbocycles. The Morgan fingerprint density at radius 1 is 0.743 bits per heavy atom. The Kier molecular flexibility index (Phi) is 24.2. The van der Waals surface area contributed by atoms with Crippen LogP contribution in [-0.2, 0) is 18.6 Å². The Balaban J connectivity index is 3.68. The van der Waals surface area contributed by atoms with Gasteiger partial charge in [-0.2, -0.15) is 0 Å². The highest BCUT2D eigenvalue weighted by Crippen LogP contribution is 2.34. The summed E-state index contributed by atoms with van der Waals surface area (Å²) >= 11 is 0. The van der Waals surface area contributed by atoms with Crippen LogP contribution >= 0.6 is 8.60 Å². The lowest BCUT2D eigenvalue weighted by Crippen LogP contribution is -2.35. The molecule has 0 heterocycles. The highest BCUT2D eigenvalue weighted by Gasteiger charge is 2.16. The summed E-state index contributed by atoms with van der Waals surface area (Å²) in [5, 5.41) is 0. The maximum atomic E-state index is 11.6. The lowest BCUT2D eigenvalue weighted by molar-refractivity contribution is -0.870. The molecular formula is C28H59NO5P+. The molecule has 0 aromatic heterocycles. The van der Waals surface area contributed by atoms with Crippen LogP contribution in [0.15, 0.2) is 0 Å². The van der Waals surface area contributed by atoms with E-state index in [4.69, 9.17) is 13.8 Å². The van der Waals surface area contributed by atoms with E-state index < -0.39 is 8.60 Å². The Morgan fingerprint density at radius 2 is 1.26 bits per heavy atom. The number of nitrogens with zero attached hydrogens (tertiary/aromatic N) is 1. The first-order valence-electron chi connectivity index (χ1n) is 14.4. The van der Waals surface area contributed by atoms with E-state index in [1.54, 1.807) is 6.92 Å². The highest BCUT2D eigenvalue weighted by atomic mass is 31.2. The number of rotatable bonds is 27. The average Bonchev–Trinajstić information content (AvgIpc) is 2.78. The standard InChI is InChI=1S/C28H59NO5P/c1-6-7-8-9-10-11-12-13-14-15-16-17-19-22-32-25-28(24-27(2)30)26-34-35(31)33-23-20-18-21-29(3,4)5/h28,31H,6-26H2,1-5H3/q+1. The largest absolute Gasteiger partial charge is 0.381 e. The smallest absolute Gasteiger partial charge is 0.329 e. The molecule has 0 spiro atoms. The van der Waals surface area contributed by atoms with Crippen LogP contribution in [0.5, 0.6) is 0 Å². The van der Waals surface area contributed by atoms with Crippen molar-refractivity contribution < 1.29 is 28.0 Å². The fourth-order valence-corrected chi connectivity index (χ4v) is 4.78. The van der Waals surface area contributed by atoms with E-state index >= 15 is 0 Å². The molecule has 7 heteroatoms. The summed E-state index contributed by atoms with van der Waals surface area (Å²) in [5.74, 6) is 0.0834. The van der Waals surface area contributed by atoms with E-state index in [1.807, 2.05) is 0 Å². The Morgan fingerprint density at radius 3 is 1.77 bits per heavy atom. The van der Waals surface area contributed by atoms with Crippen LogP contribution in [0.1, 0.15) is 117 Å². The van der Waals surface area contributed by atoms with Crippen LogP contribution < -0.4 is 0 Å². The lowest BCUT2D eigenvalue weighted by atomic mass is 10.0. The van der Waals surface area contributed by atoms with Crippen LogP contribution in [0.25, 0.3) is 0 Å². The number of ether oxygens (including phenoxy) is 1. The molecular weight excluding hydrogens is 461 g/mol. The van der Waals surface area contributed by atoms with Gasteiger partial charge in [0.25, 0.3) is 0 Å². The minimum Gasteiger partial charge on any atom is -0.381 e. The molecule has 0 aliphatic heterocycles. The molecule has 0 amide bonds. The van der Waals surface area contributed by atoms with E-state index in [9.17, 15) is 9.69 Å². The molecule has 0 aromatic rings. The van der Waals surface area contributed by atoms with Crippen LogP contribution in [0, 0.1) is 5.92 Å². The van der Waals surface area contributed by atoms with Gasteiger partial charge in [0.2, 0.25) is 0 Å². The second-order valence-corrected chi connectivity index (χ2v) is 12.2. The fourth-order valence-electron chi connectivity index (χ4n) is 4.08. The average molecular weight is 521 g/mol. The zero-order valence-electron chi connectivity index (χ0n) is 23.9. The fraction of sp³-hybridized carbons (Fsp3) is 0.964. The Labute approximate surface area is 219 Å². The van der Waals surface area contributed by atoms with Gasteiger partial charge < -0.3 is 28.0 Å². The van der Waals surface area contributed by atoms with Crippen LogP contribution in [0.2, 0.25) is 0 Å². The van der Waals surface area contributed by atoms with Crippen LogP contribution in [-0.4, -0.2) is 69.3 Å². The van der Waals surface area contributed by atoms with Gasteiger partial charge in [0, 0.05) is 18.9 Å². The van der Waals surface area contributed by atoms with Crippen molar-refractivity contribution in [2.45, 2.75) is 117 Å². The van der Waals surface area contributed by atoms with Gasteiger partial charge in [-0.3, -0.25) is 0 Å². The molecule has 0 saturated carbocycles.